The summed E-state index contributed by atoms with van der Waals surface area (Å²) < 4.78 is 12.7. The summed E-state index contributed by atoms with van der Waals surface area (Å²) in [5, 5.41) is 12.4. The molecule has 15 heavy (non-hydrogen) atoms. The second-order valence-electron chi connectivity index (χ2n) is 3.94. The van der Waals surface area contributed by atoms with Crippen LogP contribution in [0.25, 0.3) is 0 Å². The van der Waals surface area contributed by atoms with E-state index in [4.69, 9.17) is 0 Å². The number of hydrogen-bond acceptors (Lipinski definition) is 4. The van der Waals surface area contributed by atoms with Gasteiger partial charge in [-0.1, -0.05) is 0 Å². The predicted octanol–water partition coefficient (Wildman–Crippen LogP) is 1.19. The van der Waals surface area contributed by atoms with Crippen LogP contribution in [0.1, 0.15) is 19.3 Å². The van der Waals surface area contributed by atoms with Crippen molar-refractivity contribution in [1.82, 2.24) is 9.97 Å². The van der Waals surface area contributed by atoms with Crippen molar-refractivity contribution in [3.8, 4) is 0 Å². The number of rotatable bonds is 3. The lowest BCUT2D eigenvalue weighted by Crippen LogP contribution is -2.13. The number of nitrogens with zero attached hydrogens (tertiary/aromatic N) is 2. The van der Waals surface area contributed by atoms with E-state index in [0.717, 1.165) is 25.8 Å². The van der Waals surface area contributed by atoms with Gasteiger partial charge in [-0.15, -0.1) is 0 Å². The van der Waals surface area contributed by atoms with Gasteiger partial charge >= 0.3 is 0 Å². The highest BCUT2D eigenvalue weighted by Gasteiger charge is 2.22. The molecule has 1 saturated carbocycles. The summed E-state index contributed by atoms with van der Waals surface area (Å²) in [6, 6.07) is 1.27. The van der Waals surface area contributed by atoms with E-state index in [-0.39, 0.29) is 6.10 Å². The average molecular weight is 211 g/mol. The van der Waals surface area contributed by atoms with Crippen LogP contribution in [0.4, 0.5) is 10.2 Å². The van der Waals surface area contributed by atoms with Crippen molar-refractivity contribution >= 4 is 5.82 Å². The van der Waals surface area contributed by atoms with Gasteiger partial charge in [-0.3, -0.25) is 0 Å². The van der Waals surface area contributed by atoms with Crippen LogP contribution in [0.3, 0.4) is 0 Å². The van der Waals surface area contributed by atoms with Crippen LogP contribution in [0.5, 0.6) is 0 Å². The molecule has 1 aliphatic carbocycles. The van der Waals surface area contributed by atoms with Gasteiger partial charge in [-0.25, -0.2) is 9.97 Å². The van der Waals surface area contributed by atoms with Crippen molar-refractivity contribution < 1.29 is 9.50 Å². The number of hydrogen-bond donors (Lipinski definition) is 2. The molecule has 0 aliphatic heterocycles. The molecule has 82 valence electrons. The van der Waals surface area contributed by atoms with Gasteiger partial charge in [-0.05, 0) is 25.2 Å². The second kappa shape index (κ2) is 4.53. The SMILES string of the molecule is OC1CCC(CNc2cc(F)ncn2)C1. The number of halogens is 1. The van der Waals surface area contributed by atoms with E-state index < -0.39 is 5.95 Å². The number of anilines is 1. The maximum atomic E-state index is 12.7. The van der Waals surface area contributed by atoms with Gasteiger partial charge in [0, 0.05) is 12.6 Å². The first-order valence-corrected chi connectivity index (χ1v) is 5.13. The van der Waals surface area contributed by atoms with Gasteiger partial charge < -0.3 is 10.4 Å². The van der Waals surface area contributed by atoms with Crippen LogP contribution in [0.15, 0.2) is 12.4 Å². The van der Waals surface area contributed by atoms with Crippen LogP contribution in [-0.4, -0.2) is 27.7 Å². The molecule has 2 atom stereocenters. The monoisotopic (exact) mass is 211 g/mol. The number of nitrogens with one attached hydrogen (secondary N) is 1. The quantitative estimate of drug-likeness (QED) is 0.737. The van der Waals surface area contributed by atoms with Crippen molar-refractivity contribution in [1.29, 1.82) is 0 Å². The lowest BCUT2D eigenvalue weighted by atomic mass is 10.1. The Balaban J connectivity index is 1.83. The van der Waals surface area contributed by atoms with Gasteiger partial charge in [0.15, 0.2) is 0 Å². The lowest BCUT2D eigenvalue weighted by molar-refractivity contribution is 0.178. The summed E-state index contributed by atoms with van der Waals surface area (Å²) in [5.74, 6) is 0.431. The summed E-state index contributed by atoms with van der Waals surface area (Å²) in [7, 11) is 0. The highest BCUT2D eigenvalue weighted by Crippen LogP contribution is 2.25. The second-order valence-corrected chi connectivity index (χ2v) is 3.94. The molecule has 0 spiro atoms. The Kier molecular flexibility index (Phi) is 3.11. The Labute approximate surface area is 87.6 Å². The van der Waals surface area contributed by atoms with Crippen LogP contribution in [0.2, 0.25) is 0 Å². The van der Waals surface area contributed by atoms with Gasteiger partial charge in [0.25, 0.3) is 0 Å². The zero-order valence-corrected chi connectivity index (χ0v) is 8.36. The minimum Gasteiger partial charge on any atom is -0.393 e. The molecular formula is C10H14FN3O. The van der Waals surface area contributed by atoms with Crippen LogP contribution < -0.4 is 5.32 Å². The third-order valence-corrected chi connectivity index (χ3v) is 2.72. The molecule has 1 fully saturated rings. The van der Waals surface area contributed by atoms with Crippen molar-refractivity contribution in [3.63, 3.8) is 0 Å². The molecule has 0 radical (unpaired) electrons. The molecule has 2 rings (SSSR count). The summed E-state index contributed by atoms with van der Waals surface area (Å²) in [6.07, 6.45) is 3.73. The Morgan fingerprint density at radius 3 is 3.00 bits per heavy atom. The molecule has 5 heteroatoms. The van der Waals surface area contributed by atoms with E-state index in [1.54, 1.807) is 0 Å². The third kappa shape index (κ3) is 2.86. The van der Waals surface area contributed by atoms with Crippen molar-refractivity contribution in [2.24, 2.45) is 5.92 Å². The summed E-state index contributed by atoms with van der Waals surface area (Å²) in [4.78, 5) is 7.27. The first-order valence-electron chi connectivity index (χ1n) is 5.13. The smallest absolute Gasteiger partial charge is 0.217 e. The van der Waals surface area contributed by atoms with E-state index in [0.29, 0.717) is 11.7 Å². The molecule has 1 heterocycles. The highest BCUT2D eigenvalue weighted by molar-refractivity contribution is 5.32. The highest BCUT2D eigenvalue weighted by atomic mass is 19.1. The predicted molar refractivity (Wildman–Crippen MR) is 53.8 cm³/mol. The summed E-state index contributed by atoms with van der Waals surface area (Å²) in [5.41, 5.74) is 0. The largest absolute Gasteiger partial charge is 0.393 e. The van der Waals surface area contributed by atoms with E-state index in [2.05, 4.69) is 15.3 Å². The molecule has 1 aliphatic rings. The summed E-state index contributed by atoms with van der Waals surface area (Å²) >= 11 is 0. The maximum Gasteiger partial charge on any atom is 0.217 e. The number of aliphatic hydroxyl groups is 1. The Morgan fingerprint density at radius 2 is 2.33 bits per heavy atom. The topological polar surface area (TPSA) is 58.0 Å². The standard InChI is InChI=1S/C10H14FN3O/c11-9-4-10(14-6-13-9)12-5-7-1-2-8(15)3-7/h4,6-8,15H,1-3,5H2,(H,12,13,14). The third-order valence-electron chi connectivity index (χ3n) is 2.72. The molecule has 4 nitrogen and oxygen atoms in total. The molecule has 0 amide bonds. The van der Waals surface area contributed by atoms with Crippen LogP contribution in [-0.2, 0) is 0 Å². The maximum absolute atomic E-state index is 12.7. The van der Waals surface area contributed by atoms with E-state index in [9.17, 15) is 9.50 Å². The minimum atomic E-state index is -0.529. The minimum absolute atomic E-state index is 0.168. The van der Waals surface area contributed by atoms with Gasteiger partial charge in [0.05, 0.1) is 6.10 Å². The van der Waals surface area contributed by atoms with E-state index >= 15 is 0 Å². The number of aliphatic hydroxyl groups excluding tert-OH is 1. The Morgan fingerprint density at radius 1 is 1.47 bits per heavy atom. The fraction of sp³-hybridized carbons (Fsp3) is 0.600. The zero-order valence-electron chi connectivity index (χ0n) is 8.36. The fourth-order valence-corrected chi connectivity index (χ4v) is 1.91. The first-order chi connectivity index (χ1) is 7.24. The van der Waals surface area contributed by atoms with E-state index in [1.165, 1.54) is 12.4 Å². The molecule has 2 unspecified atom stereocenters. The summed E-state index contributed by atoms with van der Waals surface area (Å²) in [6.45, 7) is 0.730. The molecule has 1 aromatic heterocycles. The molecule has 0 saturated heterocycles. The van der Waals surface area contributed by atoms with Gasteiger partial charge in [-0.2, -0.15) is 4.39 Å². The molecular weight excluding hydrogens is 197 g/mol. The lowest BCUT2D eigenvalue weighted by Gasteiger charge is -2.10. The van der Waals surface area contributed by atoms with Crippen LogP contribution >= 0.6 is 0 Å². The van der Waals surface area contributed by atoms with Crippen molar-refractivity contribution in [3.05, 3.63) is 18.3 Å². The van der Waals surface area contributed by atoms with Gasteiger partial charge in [0.1, 0.15) is 12.1 Å². The first kappa shape index (κ1) is 10.3. The Hall–Kier alpha value is -1.23. The van der Waals surface area contributed by atoms with Gasteiger partial charge in [0.2, 0.25) is 5.95 Å². The molecule has 2 N–H and O–H groups in total. The zero-order chi connectivity index (χ0) is 10.7. The average Bonchev–Trinajstić information content (AvgIpc) is 2.62. The Bertz CT molecular complexity index is 334. The molecule has 0 aromatic carbocycles. The molecule has 0 bridgehead atoms. The number of aromatic nitrogens is 2. The fourth-order valence-electron chi connectivity index (χ4n) is 1.91. The normalized spacial score (nSPS) is 25.5. The van der Waals surface area contributed by atoms with E-state index in [1.807, 2.05) is 0 Å². The molecule has 1 aromatic rings. The van der Waals surface area contributed by atoms with Crippen LogP contribution in [0, 0.1) is 11.9 Å². The van der Waals surface area contributed by atoms with Crippen molar-refractivity contribution in [2.75, 3.05) is 11.9 Å². The van der Waals surface area contributed by atoms with Crippen molar-refractivity contribution in [2.45, 2.75) is 25.4 Å².